The Bertz CT molecular complexity index is 508. The number of rotatable bonds is 3. The van der Waals surface area contributed by atoms with Gasteiger partial charge in [-0.25, -0.2) is 0 Å². The van der Waals surface area contributed by atoms with E-state index in [-0.39, 0.29) is 23.8 Å². The molecule has 2 aliphatic rings. The third kappa shape index (κ3) is 2.69. The summed E-state index contributed by atoms with van der Waals surface area (Å²) < 4.78 is 0. The number of aliphatic hydroxyl groups is 1. The molecule has 4 heteroatoms. The summed E-state index contributed by atoms with van der Waals surface area (Å²) in [7, 11) is 0. The van der Waals surface area contributed by atoms with Crippen molar-refractivity contribution in [3.63, 3.8) is 0 Å². The molecular formula is C17H22ClNO2. The molecule has 3 nitrogen and oxygen atoms in total. The second kappa shape index (κ2) is 5.98. The van der Waals surface area contributed by atoms with Crippen molar-refractivity contribution in [2.45, 2.75) is 37.5 Å². The van der Waals surface area contributed by atoms with E-state index in [9.17, 15) is 9.90 Å². The molecule has 0 bridgehead atoms. The van der Waals surface area contributed by atoms with Gasteiger partial charge in [-0.2, -0.15) is 0 Å². The first kappa shape index (κ1) is 14.9. The Labute approximate surface area is 130 Å². The van der Waals surface area contributed by atoms with Gasteiger partial charge in [-0.1, -0.05) is 36.6 Å². The van der Waals surface area contributed by atoms with Gasteiger partial charge in [-0.3, -0.25) is 4.79 Å². The van der Waals surface area contributed by atoms with Gasteiger partial charge in [-0.05, 0) is 37.0 Å². The van der Waals surface area contributed by atoms with Gasteiger partial charge in [0, 0.05) is 30.6 Å². The van der Waals surface area contributed by atoms with Gasteiger partial charge >= 0.3 is 0 Å². The average molecular weight is 308 g/mol. The van der Waals surface area contributed by atoms with Crippen molar-refractivity contribution < 1.29 is 9.90 Å². The minimum absolute atomic E-state index is 0.178. The molecular weight excluding hydrogens is 286 g/mol. The monoisotopic (exact) mass is 307 g/mol. The Morgan fingerprint density at radius 3 is 2.52 bits per heavy atom. The van der Waals surface area contributed by atoms with Crippen LogP contribution in [0.2, 0.25) is 5.02 Å². The molecule has 1 atom stereocenters. The first-order valence-corrected chi connectivity index (χ1v) is 8.20. The van der Waals surface area contributed by atoms with Gasteiger partial charge in [-0.15, -0.1) is 0 Å². The number of benzene rings is 1. The third-order valence-electron chi connectivity index (χ3n) is 5.09. The van der Waals surface area contributed by atoms with Gasteiger partial charge in [0.2, 0.25) is 5.91 Å². The molecule has 0 aromatic heterocycles. The summed E-state index contributed by atoms with van der Waals surface area (Å²) in [5.41, 5.74) is 0.733. The van der Waals surface area contributed by atoms with Crippen LogP contribution in [0, 0.1) is 5.92 Å². The van der Waals surface area contributed by atoms with E-state index in [1.807, 2.05) is 29.2 Å². The van der Waals surface area contributed by atoms with Crippen molar-refractivity contribution in [2.75, 3.05) is 19.7 Å². The highest BCUT2D eigenvalue weighted by Gasteiger charge is 2.46. The maximum absolute atomic E-state index is 13.1. The molecule has 1 aromatic carbocycles. The molecule has 1 saturated heterocycles. The van der Waals surface area contributed by atoms with Crippen LogP contribution in [0.4, 0.5) is 0 Å². The fraction of sp³-hybridized carbons (Fsp3) is 0.588. The predicted molar refractivity (Wildman–Crippen MR) is 83.4 cm³/mol. The van der Waals surface area contributed by atoms with Crippen LogP contribution in [0.25, 0.3) is 0 Å². The summed E-state index contributed by atoms with van der Waals surface area (Å²) in [5, 5.41) is 10.00. The van der Waals surface area contributed by atoms with Crippen molar-refractivity contribution in [1.82, 2.24) is 4.90 Å². The molecule has 0 spiro atoms. The summed E-state index contributed by atoms with van der Waals surface area (Å²) in [6.07, 6.45) is 4.97. The van der Waals surface area contributed by atoms with Crippen molar-refractivity contribution in [2.24, 2.45) is 5.92 Å². The molecule has 2 fully saturated rings. The highest BCUT2D eigenvalue weighted by atomic mass is 35.5. The van der Waals surface area contributed by atoms with Crippen LogP contribution in [0.1, 0.15) is 37.7 Å². The van der Waals surface area contributed by atoms with E-state index in [2.05, 4.69) is 0 Å². The number of carbonyl (C=O) groups excluding carboxylic acids is 1. The number of hydrogen-bond donors (Lipinski definition) is 1. The molecule has 1 saturated carbocycles. The lowest BCUT2D eigenvalue weighted by Gasteiger charge is -2.33. The number of amides is 1. The zero-order chi connectivity index (χ0) is 14.9. The molecule has 1 aliphatic carbocycles. The Balaban J connectivity index is 1.87. The molecule has 0 radical (unpaired) electrons. The number of aliphatic hydroxyl groups excluding tert-OH is 1. The van der Waals surface area contributed by atoms with Crippen LogP contribution in [-0.2, 0) is 10.2 Å². The van der Waals surface area contributed by atoms with E-state index in [0.717, 1.165) is 44.2 Å². The first-order valence-electron chi connectivity index (χ1n) is 7.82. The molecule has 1 unspecified atom stereocenters. The largest absolute Gasteiger partial charge is 0.396 e. The van der Waals surface area contributed by atoms with Crippen molar-refractivity contribution in [3.05, 3.63) is 34.9 Å². The van der Waals surface area contributed by atoms with Crippen LogP contribution in [-0.4, -0.2) is 35.6 Å². The van der Waals surface area contributed by atoms with Crippen molar-refractivity contribution in [1.29, 1.82) is 0 Å². The summed E-state index contributed by atoms with van der Waals surface area (Å²) in [5.74, 6) is 0.496. The Morgan fingerprint density at radius 1 is 1.29 bits per heavy atom. The minimum atomic E-state index is -0.366. The van der Waals surface area contributed by atoms with Crippen LogP contribution >= 0.6 is 11.6 Å². The highest BCUT2D eigenvalue weighted by Crippen LogP contribution is 2.43. The summed E-state index contributed by atoms with van der Waals surface area (Å²) in [6.45, 7) is 1.65. The average Bonchev–Trinajstić information content (AvgIpc) is 3.17. The van der Waals surface area contributed by atoms with Crippen LogP contribution < -0.4 is 0 Å². The van der Waals surface area contributed by atoms with Crippen LogP contribution in [0.15, 0.2) is 24.3 Å². The van der Waals surface area contributed by atoms with E-state index in [1.165, 1.54) is 0 Å². The Morgan fingerprint density at radius 2 is 1.95 bits per heavy atom. The Kier molecular flexibility index (Phi) is 4.23. The van der Waals surface area contributed by atoms with Gasteiger partial charge in [0.05, 0.1) is 5.41 Å². The third-order valence-corrected chi connectivity index (χ3v) is 5.35. The maximum atomic E-state index is 13.1. The fourth-order valence-electron chi connectivity index (χ4n) is 3.84. The number of likely N-dealkylation sites (tertiary alicyclic amines) is 1. The summed E-state index contributed by atoms with van der Waals surface area (Å²) in [6, 6.07) is 7.77. The minimum Gasteiger partial charge on any atom is -0.396 e. The van der Waals surface area contributed by atoms with Gasteiger partial charge < -0.3 is 10.0 Å². The predicted octanol–water partition coefficient (Wildman–Crippen LogP) is 2.99. The van der Waals surface area contributed by atoms with Gasteiger partial charge in [0.25, 0.3) is 0 Å². The standard InChI is InChI=1S/C17H22ClNO2/c18-15-5-3-14(4-6-15)17(8-1-2-9-17)16(21)19-10-7-13(11-19)12-20/h3-6,13,20H,1-2,7-12H2. The van der Waals surface area contributed by atoms with E-state index in [4.69, 9.17) is 11.6 Å². The zero-order valence-electron chi connectivity index (χ0n) is 12.2. The second-order valence-electron chi connectivity index (χ2n) is 6.38. The molecule has 1 aromatic rings. The van der Waals surface area contributed by atoms with Crippen LogP contribution in [0.3, 0.4) is 0 Å². The highest BCUT2D eigenvalue weighted by molar-refractivity contribution is 6.30. The lowest BCUT2D eigenvalue weighted by Crippen LogP contribution is -2.44. The quantitative estimate of drug-likeness (QED) is 0.932. The number of hydrogen-bond acceptors (Lipinski definition) is 2. The summed E-state index contributed by atoms with van der Waals surface area (Å²) >= 11 is 5.99. The molecule has 1 N–H and O–H groups in total. The van der Waals surface area contributed by atoms with E-state index in [0.29, 0.717) is 11.6 Å². The smallest absolute Gasteiger partial charge is 0.233 e. The van der Waals surface area contributed by atoms with Crippen molar-refractivity contribution >= 4 is 17.5 Å². The molecule has 21 heavy (non-hydrogen) atoms. The fourth-order valence-corrected chi connectivity index (χ4v) is 3.97. The first-order chi connectivity index (χ1) is 10.2. The molecule has 3 rings (SSSR count). The molecule has 114 valence electrons. The van der Waals surface area contributed by atoms with Gasteiger partial charge in [0.15, 0.2) is 0 Å². The lowest BCUT2D eigenvalue weighted by atomic mass is 9.77. The zero-order valence-corrected chi connectivity index (χ0v) is 13.0. The number of carbonyl (C=O) groups is 1. The normalized spacial score (nSPS) is 24.5. The van der Waals surface area contributed by atoms with Gasteiger partial charge in [0.1, 0.15) is 0 Å². The summed E-state index contributed by atoms with van der Waals surface area (Å²) in [4.78, 5) is 15.1. The number of nitrogens with zero attached hydrogens (tertiary/aromatic N) is 1. The van der Waals surface area contributed by atoms with E-state index < -0.39 is 0 Å². The molecule has 1 aliphatic heterocycles. The second-order valence-corrected chi connectivity index (χ2v) is 6.82. The molecule has 1 amide bonds. The lowest BCUT2D eigenvalue weighted by molar-refractivity contribution is -0.136. The Hall–Kier alpha value is -1.06. The van der Waals surface area contributed by atoms with Crippen LogP contribution in [0.5, 0.6) is 0 Å². The SMILES string of the molecule is O=C(N1CCC(CO)C1)C1(c2ccc(Cl)cc2)CCCC1. The number of halogens is 1. The van der Waals surface area contributed by atoms with E-state index in [1.54, 1.807) is 0 Å². The van der Waals surface area contributed by atoms with Crippen molar-refractivity contribution in [3.8, 4) is 0 Å². The maximum Gasteiger partial charge on any atom is 0.233 e. The van der Waals surface area contributed by atoms with E-state index >= 15 is 0 Å². The molecule has 1 heterocycles. The topological polar surface area (TPSA) is 40.5 Å².